The molecule has 0 bridgehead atoms. The van der Waals surface area contributed by atoms with E-state index in [1.807, 2.05) is 6.07 Å². The van der Waals surface area contributed by atoms with Crippen LogP contribution in [0.25, 0.3) is 0 Å². The molecule has 1 aromatic rings. The van der Waals surface area contributed by atoms with Gasteiger partial charge in [0.05, 0.1) is 12.5 Å². The van der Waals surface area contributed by atoms with E-state index >= 15 is 0 Å². The highest BCUT2D eigenvalue weighted by Crippen LogP contribution is 2.30. The first kappa shape index (κ1) is 15.1. The van der Waals surface area contributed by atoms with Crippen molar-refractivity contribution in [1.29, 1.82) is 0 Å². The predicted molar refractivity (Wildman–Crippen MR) is 70.0 cm³/mol. The minimum atomic E-state index is -0.0667. The average Bonchev–Trinajstić information content (AvgIpc) is 2.22. The molecule has 0 fully saturated rings. The first-order valence-electron chi connectivity index (χ1n) is 5.22. The summed E-state index contributed by atoms with van der Waals surface area (Å²) in [6, 6.07) is 4.92. The van der Waals surface area contributed by atoms with E-state index in [-0.39, 0.29) is 16.9 Å². The van der Waals surface area contributed by atoms with Crippen molar-refractivity contribution in [3.63, 3.8) is 0 Å². The number of aromatic hydroxyl groups is 2. The van der Waals surface area contributed by atoms with E-state index in [4.69, 9.17) is 5.11 Å². The number of hydrogen-bond acceptors (Lipinski definition) is 3. The lowest BCUT2D eigenvalue weighted by molar-refractivity contribution is 0.401. The van der Waals surface area contributed by atoms with Crippen LogP contribution in [0.15, 0.2) is 43.9 Å². The van der Waals surface area contributed by atoms with Gasteiger partial charge in [-0.05, 0) is 23.1 Å². The number of rotatable bonds is 2. The van der Waals surface area contributed by atoms with Gasteiger partial charge in [-0.1, -0.05) is 40.0 Å². The molecule has 0 amide bonds. The molecule has 0 unspecified atom stereocenters. The Morgan fingerprint density at radius 3 is 1.88 bits per heavy atom. The highest BCUT2D eigenvalue weighted by molar-refractivity contribution is 5.42. The third-order valence-electron chi connectivity index (χ3n) is 2.03. The summed E-state index contributed by atoms with van der Waals surface area (Å²) in [6.07, 6.45) is 2.62. The maximum atomic E-state index is 9.21. The monoisotopic (exact) mass is 236 g/mol. The van der Waals surface area contributed by atoms with Crippen molar-refractivity contribution >= 4 is 0 Å². The molecule has 0 atom stereocenters. The van der Waals surface area contributed by atoms with Crippen molar-refractivity contribution in [1.82, 2.24) is 0 Å². The van der Waals surface area contributed by atoms with Crippen LogP contribution in [0.3, 0.4) is 0 Å². The normalized spacial score (nSPS) is 9.82. The zero-order chi connectivity index (χ0) is 13.5. The van der Waals surface area contributed by atoms with Crippen LogP contribution in [-0.2, 0) is 10.2 Å². The maximum absolute atomic E-state index is 9.21. The molecule has 0 aliphatic carbocycles. The number of phenolic OH excluding ortho intramolecular Hbond substituents is 2. The van der Waals surface area contributed by atoms with Crippen molar-refractivity contribution in [2.45, 2.75) is 26.2 Å². The third-order valence-corrected chi connectivity index (χ3v) is 2.03. The number of benzene rings is 1. The van der Waals surface area contributed by atoms with Gasteiger partial charge in [-0.25, -0.2) is 0 Å². The van der Waals surface area contributed by atoms with Gasteiger partial charge in [0, 0.05) is 0 Å². The van der Waals surface area contributed by atoms with Gasteiger partial charge in [0.25, 0.3) is 0 Å². The second-order valence-electron chi connectivity index (χ2n) is 4.42. The van der Waals surface area contributed by atoms with Gasteiger partial charge >= 0.3 is 0 Å². The van der Waals surface area contributed by atoms with Crippen LogP contribution in [0, 0.1) is 0 Å². The second-order valence-corrected chi connectivity index (χ2v) is 4.42. The Morgan fingerprint density at radius 2 is 1.59 bits per heavy atom. The van der Waals surface area contributed by atoms with Crippen molar-refractivity contribution in [3.8, 4) is 11.5 Å². The van der Waals surface area contributed by atoms with Gasteiger partial charge in [0.15, 0.2) is 11.5 Å². The second kappa shape index (κ2) is 6.63. The Balaban J connectivity index is 0.000000437. The lowest BCUT2D eigenvalue weighted by atomic mass is 9.87. The molecule has 1 rings (SSSR count). The standard InChI is InChI=1S/C10H14O2.C4H6O/c1-10(2,3)7-4-5-8(11)9(12)6-7;1-3-5-4-2/h4-6,11-12H,1-3H3;3-4H,1-2H2. The molecule has 3 heteroatoms. The molecule has 0 radical (unpaired) electrons. The molecule has 0 aromatic heterocycles. The molecule has 2 N–H and O–H groups in total. The van der Waals surface area contributed by atoms with Gasteiger partial charge < -0.3 is 14.9 Å². The average molecular weight is 236 g/mol. The van der Waals surface area contributed by atoms with Gasteiger partial charge in [0.1, 0.15) is 0 Å². The largest absolute Gasteiger partial charge is 0.504 e. The fourth-order valence-corrected chi connectivity index (χ4v) is 1.06. The van der Waals surface area contributed by atoms with Gasteiger partial charge in [-0.3, -0.25) is 0 Å². The van der Waals surface area contributed by atoms with Crippen LogP contribution in [-0.4, -0.2) is 10.2 Å². The minimum absolute atomic E-state index is 0.00514. The van der Waals surface area contributed by atoms with Crippen LogP contribution in [0.1, 0.15) is 26.3 Å². The zero-order valence-electron chi connectivity index (χ0n) is 10.6. The van der Waals surface area contributed by atoms with Crippen molar-refractivity contribution in [2.24, 2.45) is 0 Å². The summed E-state index contributed by atoms with van der Waals surface area (Å²) >= 11 is 0. The lowest BCUT2D eigenvalue weighted by Gasteiger charge is -2.19. The molecule has 0 heterocycles. The summed E-state index contributed by atoms with van der Waals surface area (Å²) < 4.78 is 4.36. The topological polar surface area (TPSA) is 49.7 Å². The fourth-order valence-electron chi connectivity index (χ4n) is 1.06. The number of hydrogen-bond donors (Lipinski definition) is 2. The predicted octanol–water partition coefficient (Wildman–Crippen LogP) is 3.69. The maximum Gasteiger partial charge on any atom is 0.157 e. The van der Waals surface area contributed by atoms with Crippen molar-refractivity contribution in [3.05, 3.63) is 49.4 Å². The van der Waals surface area contributed by atoms with Crippen LogP contribution in [0.2, 0.25) is 0 Å². The van der Waals surface area contributed by atoms with Crippen LogP contribution in [0.4, 0.5) is 0 Å². The molecule has 17 heavy (non-hydrogen) atoms. The Bertz CT molecular complexity index is 370. The number of ether oxygens (including phenoxy) is 1. The van der Waals surface area contributed by atoms with E-state index in [2.05, 4.69) is 38.7 Å². The molecular formula is C14H20O3. The van der Waals surface area contributed by atoms with Gasteiger partial charge in [-0.2, -0.15) is 0 Å². The lowest BCUT2D eigenvalue weighted by Crippen LogP contribution is -2.10. The summed E-state index contributed by atoms with van der Waals surface area (Å²) in [7, 11) is 0. The Labute approximate surface area is 103 Å². The molecule has 0 aliphatic heterocycles. The van der Waals surface area contributed by atoms with Crippen molar-refractivity contribution in [2.75, 3.05) is 0 Å². The highest BCUT2D eigenvalue weighted by Gasteiger charge is 2.14. The molecule has 1 aromatic carbocycles. The molecule has 0 spiro atoms. The summed E-state index contributed by atoms with van der Waals surface area (Å²) in [4.78, 5) is 0. The Hall–Kier alpha value is -1.90. The van der Waals surface area contributed by atoms with E-state index in [1.165, 1.54) is 18.6 Å². The highest BCUT2D eigenvalue weighted by atomic mass is 16.5. The molecule has 0 saturated carbocycles. The summed E-state index contributed by atoms with van der Waals surface area (Å²) in [5, 5.41) is 18.3. The van der Waals surface area contributed by atoms with E-state index < -0.39 is 0 Å². The zero-order valence-corrected chi connectivity index (χ0v) is 10.6. The Kier molecular flexibility index (Phi) is 5.89. The third kappa shape index (κ3) is 5.66. The van der Waals surface area contributed by atoms with Crippen LogP contribution >= 0.6 is 0 Å². The van der Waals surface area contributed by atoms with Crippen molar-refractivity contribution < 1.29 is 14.9 Å². The summed E-state index contributed by atoms with van der Waals surface area (Å²) in [5.41, 5.74) is 1.02. The first-order valence-corrected chi connectivity index (χ1v) is 5.22. The van der Waals surface area contributed by atoms with E-state index in [0.29, 0.717) is 0 Å². The molecule has 94 valence electrons. The van der Waals surface area contributed by atoms with Gasteiger partial charge in [-0.15, -0.1) is 0 Å². The fraction of sp³-hybridized carbons (Fsp3) is 0.286. The summed E-state index contributed by atoms with van der Waals surface area (Å²) in [5.74, 6) is -0.120. The molecular weight excluding hydrogens is 216 g/mol. The Morgan fingerprint density at radius 1 is 1.06 bits per heavy atom. The first-order chi connectivity index (χ1) is 7.82. The van der Waals surface area contributed by atoms with E-state index in [0.717, 1.165) is 5.56 Å². The molecule has 0 aliphatic rings. The minimum Gasteiger partial charge on any atom is -0.504 e. The smallest absolute Gasteiger partial charge is 0.157 e. The van der Waals surface area contributed by atoms with E-state index in [1.54, 1.807) is 6.07 Å². The molecule has 3 nitrogen and oxygen atoms in total. The van der Waals surface area contributed by atoms with E-state index in [9.17, 15) is 5.11 Å². The van der Waals surface area contributed by atoms with Crippen LogP contribution in [0.5, 0.6) is 11.5 Å². The number of phenols is 2. The quantitative estimate of drug-likeness (QED) is 0.608. The van der Waals surface area contributed by atoms with Gasteiger partial charge in [0.2, 0.25) is 0 Å². The molecule has 0 saturated heterocycles. The SMILES string of the molecule is C=COC=C.CC(C)(C)c1ccc(O)c(O)c1. The summed E-state index contributed by atoms with van der Waals surface area (Å²) in [6.45, 7) is 12.7. The van der Waals surface area contributed by atoms with Crippen LogP contribution < -0.4 is 0 Å².